The van der Waals surface area contributed by atoms with Crippen molar-refractivity contribution in [2.45, 2.75) is 38.6 Å². The highest BCUT2D eigenvalue weighted by Crippen LogP contribution is 2.32. The number of fused-ring (bicyclic) bond motifs is 1. The van der Waals surface area contributed by atoms with Crippen LogP contribution in [-0.2, 0) is 4.79 Å². The van der Waals surface area contributed by atoms with E-state index in [1.165, 1.54) is 6.07 Å². The Kier molecular flexibility index (Phi) is 8.54. The minimum Gasteiger partial charge on any atom is -0.388 e. The lowest BCUT2D eigenvalue weighted by molar-refractivity contribution is -0.276. The molecule has 1 atom stereocenters. The van der Waals surface area contributed by atoms with Crippen molar-refractivity contribution in [2.75, 3.05) is 39.0 Å². The van der Waals surface area contributed by atoms with Crippen LogP contribution >= 0.6 is 0 Å². The van der Waals surface area contributed by atoms with Crippen molar-refractivity contribution < 1.29 is 27.5 Å². The van der Waals surface area contributed by atoms with Gasteiger partial charge in [-0.3, -0.25) is 14.9 Å². The van der Waals surface area contributed by atoms with Gasteiger partial charge in [0.1, 0.15) is 0 Å². The summed E-state index contributed by atoms with van der Waals surface area (Å²) in [5.41, 5.74) is 2.36. The number of nitrogens with one attached hydrogen (secondary N) is 1. The molecule has 3 heterocycles. The zero-order valence-electron chi connectivity index (χ0n) is 22.0. The third-order valence-corrected chi connectivity index (χ3v) is 6.41. The first-order chi connectivity index (χ1) is 18.5. The number of benzene rings is 1. The number of anilines is 1. The summed E-state index contributed by atoms with van der Waals surface area (Å²) in [6, 6.07) is 7.68. The largest absolute Gasteiger partial charge is 0.574 e. The molecule has 1 fully saturated rings. The van der Waals surface area contributed by atoms with Crippen molar-refractivity contribution in [3.63, 3.8) is 0 Å². The van der Waals surface area contributed by atoms with Gasteiger partial charge in [0.2, 0.25) is 17.7 Å². The molecule has 9 nitrogen and oxygen atoms in total. The molecule has 0 aliphatic carbocycles. The number of nitrogens with zero attached hydrogens (tertiary/aromatic N) is 5. The monoisotopic (exact) mass is 544 g/mol. The Morgan fingerprint density at radius 1 is 1.23 bits per heavy atom. The number of hydrogen-bond acceptors (Lipinski definition) is 6. The Morgan fingerprint density at radius 3 is 2.77 bits per heavy atom. The molecule has 0 saturated carbocycles. The highest BCUT2D eigenvalue weighted by atomic mass is 19.4. The molecule has 1 aliphatic heterocycles. The zero-order chi connectivity index (χ0) is 28.2. The number of aryl methyl sites for hydroxylation is 1. The van der Waals surface area contributed by atoms with E-state index in [1.54, 1.807) is 6.08 Å². The number of carbonyl (C=O) groups excluding carboxylic acids is 2. The first kappa shape index (κ1) is 28.1. The van der Waals surface area contributed by atoms with E-state index in [0.29, 0.717) is 25.2 Å². The zero-order valence-corrected chi connectivity index (χ0v) is 22.0. The maximum Gasteiger partial charge on any atom is 0.574 e. The van der Waals surface area contributed by atoms with Crippen molar-refractivity contribution in [3.05, 3.63) is 59.8 Å². The maximum atomic E-state index is 13.1. The summed E-state index contributed by atoms with van der Waals surface area (Å²) < 4.78 is 43.7. The average Bonchev–Trinajstić information content (AvgIpc) is 3.05. The standard InChI is InChI=1S/C27H31F3N6O3/c1-18-8-6-10-21-24(18)36(20-9-4-5-15-35(17-20)23(37)11-7-14-34(2)3)26(32-21)33-25(38)19-12-13-31-22(16-19)39-27(28,29)30/h6-8,10-13,16,20H,4-5,9,14-15,17H2,1-3H3,(H,32,33,38)/t20-/m1/s1. The normalized spacial score (nSPS) is 16.6. The van der Waals surface area contributed by atoms with E-state index in [2.05, 4.69) is 20.0 Å². The Balaban J connectivity index is 1.65. The van der Waals surface area contributed by atoms with E-state index >= 15 is 0 Å². The molecule has 3 aromatic rings. The lowest BCUT2D eigenvalue weighted by Gasteiger charge is -2.26. The number of aromatic nitrogens is 3. The highest BCUT2D eigenvalue weighted by molar-refractivity contribution is 6.04. The molecule has 1 aliphatic rings. The number of halogens is 3. The number of likely N-dealkylation sites (tertiary alicyclic amines) is 1. The molecule has 0 spiro atoms. The topological polar surface area (TPSA) is 92.6 Å². The van der Waals surface area contributed by atoms with Crippen LogP contribution in [0.3, 0.4) is 0 Å². The second-order valence-corrected chi connectivity index (χ2v) is 9.73. The number of imidazole rings is 1. The number of carbonyl (C=O) groups is 2. The van der Waals surface area contributed by atoms with E-state index in [-0.39, 0.29) is 23.5 Å². The van der Waals surface area contributed by atoms with E-state index in [1.807, 2.05) is 59.7 Å². The quantitative estimate of drug-likeness (QED) is 0.439. The van der Waals surface area contributed by atoms with Gasteiger partial charge in [0.25, 0.3) is 5.91 Å². The summed E-state index contributed by atoms with van der Waals surface area (Å²) in [6.45, 7) is 3.63. The molecule has 2 amide bonds. The van der Waals surface area contributed by atoms with Crippen molar-refractivity contribution >= 4 is 28.8 Å². The number of likely N-dealkylation sites (N-methyl/N-ethyl adjacent to an activating group) is 1. The highest BCUT2D eigenvalue weighted by Gasteiger charge is 2.32. The molecule has 12 heteroatoms. The van der Waals surface area contributed by atoms with Crippen molar-refractivity contribution in [2.24, 2.45) is 0 Å². The van der Waals surface area contributed by atoms with E-state index < -0.39 is 18.1 Å². The maximum absolute atomic E-state index is 13.1. The summed E-state index contributed by atoms with van der Waals surface area (Å²) in [7, 11) is 3.85. The van der Waals surface area contributed by atoms with Gasteiger partial charge in [0.15, 0.2) is 0 Å². The van der Waals surface area contributed by atoms with Crippen LogP contribution in [-0.4, -0.2) is 76.2 Å². The molecule has 1 aromatic carbocycles. The fraction of sp³-hybridized carbons (Fsp3) is 0.407. The molecule has 1 saturated heterocycles. The first-order valence-corrected chi connectivity index (χ1v) is 12.6. The first-order valence-electron chi connectivity index (χ1n) is 12.6. The van der Waals surface area contributed by atoms with E-state index in [9.17, 15) is 22.8 Å². The summed E-state index contributed by atoms with van der Waals surface area (Å²) in [5, 5.41) is 2.77. The average molecular weight is 545 g/mol. The molecule has 1 N–H and O–H groups in total. The molecule has 39 heavy (non-hydrogen) atoms. The Hall–Kier alpha value is -3.93. The summed E-state index contributed by atoms with van der Waals surface area (Å²) in [6.07, 6.45) is 2.03. The molecule has 2 aromatic heterocycles. The number of ether oxygens (including phenoxy) is 1. The smallest absolute Gasteiger partial charge is 0.388 e. The lowest BCUT2D eigenvalue weighted by Crippen LogP contribution is -2.35. The van der Waals surface area contributed by atoms with Crippen molar-refractivity contribution in [3.8, 4) is 5.88 Å². The van der Waals surface area contributed by atoms with Crippen LogP contribution in [0.25, 0.3) is 11.0 Å². The van der Waals surface area contributed by atoms with Gasteiger partial charge in [-0.2, -0.15) is 0 Å². The van der Waals surface area contributed by atoms with Crippen LogP contribution in [0.15, 0.2) is 48.7 Å². The summed E-state index contributed by atoms with van der Waals surface area (Å²) in [4.78, 5) is 38.1. The minimum absolute atomic E-state index is 0.0664. The summed E-state index contributed by atoms with van der Waals surface area (Å²) in [5.74, 6) is -1.22. The van der Waals surface area contributed by atoms with Gasteiger partial charge in [0, 0.05) is 43.5 Å². The Labute approximate surface area is 224 Å². The molecule has 0 radical (unpaired) electrons. The number of para-hydroxylation sites is 1. The van der Waals surface area contributed by atoms with E-state index in [0.717, 1.165) is 42.6 Å². The fourth-order valence-electron chi connectivity index (χ4n) is 4.66. The number of hydrogen-bond donors (Lipinski definition) is 1. The minimum atomic E-state index is -4.93. The molecular weight excluding hydrogens is 513 g/mol. The Morgan fingerprint density at radius 2 is 2.03 bits per heavy atom. The number of rotatable bonds is 7. The number of pyridine rings is 1. The third-order valence-electron chi connectivity index (χ3n) is 6.41. The van der Waals surface area contributed by atoms with Crippen LogP contribution in [0.5, 0.6) is 5.88 Å². The van der Waals surface area contributed by atoms with Crippen LogP contribution in [0.1, 0.15) is 41.2 Å². The van der Waals surface area contributed by atoms with Gasteiger partial charge in [-0.25, -0.2) is 9.97 Å². The molecular formula is C27H31F3N6O3. The van der Waals surface area contributed by atoms with Gasteiger partial charge in [-0.1, -0.05) is 18.2 Å². The molecule has 4 rings (SSSR count). The van der Waals surface area contributed by atoms with Gasteiger partial charge in [-0.05, 0) is 58.0 Å². The van der Waals surface area contributed by atoms with Crippen LogP contribution in [0, 0.1) is 6.92 Å². The molecule has 208 valence electrons. The van der Waals surface area contributed by atoms with Gasteiger partial charge in [0.05, 0.1) is 17.1 Å². The SMILES string of the molecule is Cc1cccc2nc(NC(=O)c3ccnc(OC(F)(F)F)c3)n([C@@H]3CCCCN(C(=O)C=CCN(C)C)C3)c12. The number of alkyl halides is 3. The third kappa shape index (κ3) is 7.14. The van der Waals surface area contributed by atoms with Crippen molar-refractivity contribution in [1.82, 2.24) is 24.3 Å². The van der Waals surface area contributed by atoms with Crippen LogP contribution in [0.4, 0.5) is 19.1 Å². The second-order valence-electron chi connectivity index (χ2n) is 9.73. The van der Waals surface area contributed by atoms with Gasteiger partial charge < -0.3 is 19.1 Å². The molecule has 0 bridgehead atoms. The van der Waals surface area contributed by atoms with Crippen LogP contribution in [0.2, 0.25) is 0 Å². The fourth-order valence-corrected chi connectivity index (χ4v) is 4.66. The second kappa shape index (κ2) is 11.9. The number of amides is 2. The predicted molar refractivity (Wildman–Crippen MR) is 141 cm³/mol. The van der Waals surface area contributed by atoms with Gasteiger partial charge >= 0.3 is 6.36 Å². The van der Waals surface area contributed by atoms with E-state index in [4.69, 9.17) is 0 Å². The van der Waals surface area contributed by atoms with Gasteiger partial charge in [-0.15, -0.1) is 13.2 Å². The Bertz CT molecular complexity index is 1370. The van der Waals surface area contributed by atoms with Crippen molar-refractivity contribution in [1.29, 1.82) is 0 Å². The molecule has 0 unspecified atom stereocenters. The predicted octanol–water partition coefficient (Wildman–Crippen LogP) is 4.56. The summed E-state index contributed by atoms with van der Waals surface area (Å²) >= 11 is 0. The van der Waals surface area contributed by atoms with Crippen LogP contribution < -0.4 is 10.1 Å². The lowest BCUT2D eigenvalue weighted by atomic mass is 10.1.